The maximum Gasteiger partial charge on any atom is 0.167 e. The zero-order valence-electron chi connectivity index (χ0n) is 13.4. The third kappa shape index (κ3) is 3.13. The molecule has 0 fully saturated rings. The van der Waals surface area contributed by atoms with E-state index in [9.17, 15) is 5.11 Å². The largest absolute Gasteiger partial charge is 0.507 e. The molecule has 0 bridgehead atoms. The van der Waals surface area contributed by atoms with Crippen molar-refractivity contribution in [2.45, 2.75) is 6.92 Å². The number of hydrogen-bond donors (Lipinski definition) is 1. The highest BCUT2D eigenvalue weighted by Gasteiger charge is 2.11. The number of anilines is 1. The molecule has 3 rings (SSSR count). The Hall–Kier alpha value is -2.95. The van der Waals surface area contributed by atoms with Gasteiger partial charge in [0.15, 0.2) is 11.6 Å². The summed E-state index contributed by atoms with van der Waals surface area (Å²) in [4.78, 5) is 15.3. The van der Waals surface area contributed by atoms with Crippen LogP contribution in [-0.4, -0.2) is 34.2 Å². The summed E-state index contributed by atoms with van der Waals surface area (Å²) in [7, 11) is 4.00. The topological polar surface area (TPSA) is 62.1 Å². The highest BCUT2D eigenvalue weighted by molar-refractivity contribution is 5.66. The first-order chi connectivity index (χ1) is 11.0. The minimum Gasteiger partial charge on any atom is -0.507 e. The van der Waals surface area contributed by atoms with Gasteiger partial charge in [0.2, 0.25) is 0 Å². The lowest BCUT2D eigenvalue weighted by Gasteiger charge is -2.12. The lowest BCUT2D eigenvalue weighted by Crippen LogP contribution is -2.08. The summed E-state index contributed by atoms with van der Waals surface area (Å²) in [5.41, 5.74) is 2.63. The van der Waals surface area contributed by atoms with Gasteiger partial charge in [-0.15, -0.1) is 0 Å². The van der Waals surface area contributed by atoms with Crippen molar-refractivity contribution in [3.8, 4) is 28.5 Å². The van der Waals surface area contributed by atoms with Gasteiger partial charge in [0.05, 0.1) is 5.56 Å². The van der Waals surface area contributed by atoms with Gasteiger partial charge in [0, 0.05) is 25.3 Å². The molecule has 5 nitrogen and oxygen atoms in total. The molecule has 23 heavy (non-hydrogen) atoms. The average molecular weight is 306 g/mol. The maximum atomic E-state index is 10.0. The third-order valence-corrected chi connectivity index (χ3v) is 3.53. The Morgan fingerprint density at radius 1 is 0.826 bits per heavy atom. The first-order valence-electron chi connectivity index (χ1n) is 7.33. The second kappa shape index (κ2) is 6.04. The number of rotatable bonds is 3. The van der Waals surface area contributed by atoms with Crippen molar-refractivity contribution in [3.05, 3.63) is 54.4 Å². The molecule has 3 aromatic rings. The van der Waals surface area contributed by atoms with Crippen molar-refractivity contribution in [2.75, 3.05) is 19.0 Å². The molecule has 0 spiro atoms. The predicted octanol–water partition coefficient (Wildman–Crippen LogP) is 3.29. The number of aryl methyl sites for hydroxylation is 1. The van der Waals surface area contributed by atoms with Crippen molar-refractivity contribution in [3.63, 3.8) is 0 Å². The van der Waals surface area contributed by atoms with E-state index in [-0.39, 0.29) is 5.75 Å². The van der Waals surface area contributed by atoms with Crippen molar-refractivity contribution in [1.29, 1.82) is 0 Å². The van der Waals surface area contributed by atoms with Crippen LogP contribution in [0.3, 0.4) is 0 Å². The molecular weight excluding hydrogens is 288 g/mol. The molecule has 0 saturated heterocycles. The maximum absolute atomic E-state index is 10.0. The molecule has 0 unspecified atom stereocenters. The first kappa shape index (κ1) is 15.0. The van der Waals surface area contributed by atoms with Gasteiger partial charge >= 0.3 is 0 Å². The summed E-state index contributed by atoms with van der Waals surface area (Å²) in [6.45, 7) is 1.82. The number of phenols is 1. The van der Waals surface area contributed by atoms with Crippen molar-refractivity contribution >= 4 is 5.69 Å². The van der Waals surface area contributed by atoms with Crippen LogP contribution in [0.25, 0.3) is 22.8 Å². The standard InChI is InChI=1S/C18H18N4O/c1-12-19-17(13-8-10-14(11-9-13)22(2)3)21-18(20-12)15-6-4-5-7-16(15)23/h4-11,23H,1-3H3. The summed E-state index contributed by atoms with van der Waals surface area (Å²) in [6, 6.07) is 15.1. The molecule has 0 atom stereocenters. The summed E-state index contributed by atoms with van der Waals surface area (Å²) in [5, 5.41) is 10.0. The van der Waals surface area contributed by atoms with Crippen LogP contribution in [-0.2, 0) is 0 Å². The number of para-hydroxylation sites is 1. The molecule has 0 radical (unpaired) electrons. The van der Waals surface area contributed by atoms with Crippen LogP contribution >= 0.6 is 0 Å². The second-order valence-corrected chi connectivity index (χ2v) is 5.49. The van der Waals surface area contributed by atoms with Crippen LogP contribution in [0, 0.1) is 6.92 Å². The van der Waals surface area contributed by atoms with Crippen LogP contribution in [0.1, 0.15) is 5.82 Å². The quantitative estimate of drug-likeness (QED) is 0.804. The van der Waals surface area contributed by atoms with Gasteiger partial charge in [0.25, 0.3) is 0 Å². The van der Waals surface area contributed by atoms with E-state index in [4.69, 9.17) is 0 Å². The lowest BCUT2D eigenvalue weighted by atomic mass is 10.1. The fraction of sp³-hybridized carbons (Fsp3) is 0.167. The number of nitrogens with zero attached hydrogens (tertiary/aromatic N) is 4. The molecule has 0 aliphatic carbocycles. The smallest absolute Gasteiger partial charge is 0.167 e. The first-order valence-corrected chi connectivity index (χ1v) is 7.33. The zero-order valence-corrected chi connectivity index (χ0v) is 13.4. The molecular formula is C18H18N4O. The summed E-state index contributed by atoms with van der Waals surface area (Å²) < 4.78 is 0. The van der Waals surface area contributed by atoms with E-state index >= 15 is 0 Å². The van der Waals surface area contributed by atoms with Gasteiger partial charge < -0.3 is 10.0 Å². The molecule has 1 heterocycles. The highest BCUT2D eigenvalue weighted by Crippen LogP contribution is 2.27. The van der Waals surface area contributed by atoms with E-state index in [1.807, 2.05) is 56.3 Å². The Bertz CT molecular complexity index is 829. The molecule has 0 saturated carbocycles. The molecule has 0 amide bonds. The van der Waals surface area contributed by atoms with Crippen LogP contribution in [0.15, 0.2) is 48.5 Å². The Labute approximate surface area is 135 Å². The van der Waals surface area contributed by atoms with Gasteiger partial charge in [-0.25, -0.2) is 15.0 Å². The fourth-order valence-corrected chi connectivity index (χ4v) is 2.30. The summed E-state index contributed by atoms with van der Waals surface area (Å²) >= 11 is 0. The van der Waals surface area contributed by atoms with Crippen LogP contribution in [0.4, 0.5) is 5.69 Å². The minimum absolute atomic E-state index is 0.159. The normalized spacial score (nSPS) is 10.6. The van der Waals surface area contributed by atoms with Gasteiger partial charge in [-0.1, -0.05) is 12.1 Å². The second-order valence-electron chi connectivity index (χ2n) is 5.49. The van der Waals surface area contributed by atoms with Crippen molar-refractivity contribution in [1.82, 2.24) is 15.0 Å². The monoisotopic (exact) mass is 306 g/mol. The Morgan fingerprint density at radius 2 is 1.48 bits per heavy atom. The van der Waals surface area contributed by atoms with Gasteiger partial charge in [0.1, 0.15) is 11.6 Å². The Kier molecular flexibility index (Phi) is 3.93. The fourth-order valence-electron chi connectivity index (χ4n) is 2.30. The molecule has 1 N–H and O–H groups in total. The number of benzene rings is 2. The van der Waals surface area contributed by atoms with E-state index in [0.29, 0.717) is 23.0 Å². The molecule has 0 aliphatic rings. The lowest BCUT2D eigenvalue weighted by molar-refractivity contribution is 0.477. The van der Waals surface area contributed by atoms with Gasteiger partial charge in [-0.2, -0.15) is 0 Å². The molecule has 5 heteroatoms. The molecule has 2 aromatic carbocycles. The number of aromatic hydroxyl groups is 1. The van der Waals surface area contributed by atoms with Crippen LogP contribution in [0.2, 0.25) is 0 Å². The van der Waals surface area contributed by atoms with Crippen LogP contribution < -0.4 is 4.90 Å². The number of hydrogen-bond acceptors (Lipinski definition) is 5. The highest BCUT2D eigenvalue weighted by atomic mass is 16.3. The van der Waals surface area contributed by atoms with E-state index in [0.717, 1.165) is 11.3 Å². The minimum atomic E-state index is 0.159. The molecule has 116 valence electrons. The summed E-state index contributed by atoms with van der Waals surface area (Å²) in [5.74, 6) is 1.85. The third-order valence-electron chi connectivity index (χ3n) is 3.53. The Morgan fingerprint density at radius 3 is 2.13 bits per heavy atom. The van der Waals surface area contributed by atoms with Crippen LogP contribution in [0.5, 0.6) is 5.75 Å². The van der Waals surface area contributed by atoms with Gasteiger partial charge in [-0.05, 0) is 43.3 Å². The number of phenolic OH excluding ortho intramolecular Hbond substituents is 1. The van der Waals surface area contributed by atoms with E-state index in [2.05, 4.69) is 15.0 Å². The predicted molar refractivity (Wildman–Crippen MR) is 91.4 cm³/mol. The Balaban J connectivity index is 2.06. The van der Waals surface area contributed by atoms with Gasteiger partial charge in [-0.3, -0.25) is 0 Å². The zero-order chi connectivity index (χ0) is 16.4. The number of aromatic nitrogens is 3. The SMILES string of the molecule is Cc1nc(-c2ccc(N(C)C)cc2)nc(-c2ccccc2O)n1. The average Bonchev–Trinajstić information content (AvgIpc) is 2.55. The molecule has 1 aromatic heterocycles. The molecule has 0 aliphatic heterocycles. The van der Waals surface area contributed by atoms with E-state index < -0.39 is 0 Å². The van der Waals surface area contributed by atoms with E-state index in [1.54, 1.807) is 18.2 Å². The van der Waals surface area contributed by atoms with E-state index in [1.165, 1.54) is 0 Å². The van der Waals surface area contributed by atoms with Crippen molar-refractivity contribution < 1.29 is 5.11 Å². The van der Waals surface area contributed by atoms with Crippen molar-refractivity contribution in [2.24, 2.45) is 0 Å². The summed E-state index contributed by atoms with van der Waals surface area (Å²) in [6.07, 6.45) is 0.